The van der Waals surface area contributed by atoms with E-state index in [1.54, 1.807) is 0 Å². The van der Waals surface area contributed by atoms with E-state index in [4.69, 9.17) is 4.98 Å². The Hall–Kier alpha value is -2.69. The third-order valence-electron chi connectivity index (χ3n) is 6.31. The van der Waals surface area contributed by atoms with Gasteiger partial charge in [0, 0.05) is 12.1 Å². The number of carboxylic acids is 1. The van der Waals surface area contributed by atoms with Gasteiger partial charge in [-0.15, -0.1) is 0 Å². The number of benzene rings is 1. The van der Waals surface area contributed by atoms with E-state index >= 15 is 0 Å². The van der Waals surface area contributed by atoms with E-state index in [2.05, 4.69) is 33.8 Å². The number of hydrogen-bond acceptors (Lipinski definition) is 3. The summed E-state index contributed by atoms with van der Waals surface area (Å²) >= 11 is 0. The minimum Gasteiger partial charge on any atom is -0.481 e. The van der Waals surface area contributed by atoms with Crippen molar-refractivity contribution >= 4 is 17.1 Å². The fraction of sp³-hybridized carbons (Fsp3) is 0.435. The second-order valence-corrected chi connectivity index (χ2v) is 8.25. The molecule has 2 heterocycles. The number of rotatable bonds is 5. The maximum Gasteiger partial charge on any atom is 0.307 e. The summed E-state index contributed by atoms with van der Waals surface area (Å²) in [5.74, 6) is 0.947. The zero-order valence-electron chi connectivity index (χ0n) is 15.9. The zero-order chi connectivity index (χ0) is 19.1. The van der Waals surface area contributed by atoms with Crippen LogP contribution in [0.25, 0.3) is 11.2 Å². The number of pyridine rings is 1. The average molecular weight is 375 g/mol. The highest BCUT2D eigenvalue weighted by molar-refractivity contribution is 5.72. The lowest BCUT2D eigenvalue weighted by Gasteiger charge is -2.29. The third-order valence-corrected chi connectivity index (χ3v) is 6.31. The zero-order valence-corrected chi connectivity index (χ0v) is 15.9. The van der Waals surface area contributed by atoms with Crippen LogP contribution in [0.15, 0.2) is 42.6 Å². The first-order valence-corrected chi connectivity index (χ1v) is 10.3. The van der Waals surface area contributed by atoms with Crippen molar-refractivity contribution in [2.45, 2.75) is 56.9 Å². The van der Waals surface area contributed by atoms with E-state index in [0.29, 0.717) is 5.92 Å². The first-order chi connectivity index (χ1) is 13.7. The molecule has 3 aromatic rings. The van der Waals surface area contributed by atoms with Crippen molar-refractivity contribution in [3.05, 3.63) is 59.5 Å². The Bertz CT molecular complexity index is 1000. The Labute approximate surface area is 164 Å². The van der Waals surface area contributed by atoms with Crippen LogP contribution in [0.4, 0.5) is 0 Å². The molecule has 0 amide bonds. The van der Waals surface area contributed by atoms with Crippen molar-refractivity contribution < 1.29 is 9.90 Å². The van der Waals surface area contributed by atoms with Gasteiger partial charge < -0.3 is 9.67 Å². The van der Waals surface area contributed by atoms with Gasteiger partial charge >= 0.3 is 5.97 Å². The van der Waals surface area contributed by atoms with Gasteiger partial charge in [0.2, 0.25) is 0 Å². The normalized spacial score (nSPS) is 22.4. The summed E-state index contributed by atoms with van der Waals surface area (Å²) in [6.07, 6.45) is 8.15. The minimum atomic E-state index is -0.654. The molecule has 5 nitrogen and oxygen atoms in total. The van der Waals surface area contributed by atoms with Crippen molar-refractivity contribution in [1.82, 2.24) is 14.5 Å². The van der Waals surface area contributed by atoms with Gasteiger partial charge in [-0.2, -0.15) is 0 Å². The Balaban J connectivity index is 1.42. The SMILES string of the molecule is O=C(O)[C@H]1CCCC[C@@H]1c1ccc(Cn2c(C3CC3)nc3cccnc32)cc1. The molecular formula is C23H25N3O2. The molecule has 144 valence electrons. The van der Waals surface area contributed by atoms with E-state index in [9.17, 15) is 9.90 Å². The predicted octanol–water partition coefficient (Wildman–Crippen LogP) is 4.72. The number of aromatic nitrogens is 3. The molecule has 0 spiro atoms. The topological polar surface area (TPSA) is 68.0 Å². The Kier molecular flexibility index (Phi) is 4.38. The monoisotopic (exact) mass is 375 g/mol. The standard InChI is InChI=1S/C23H25N3O2/c27-23(28)19-5-2-1-4-18(19)16-9-7-15(8-10-16)14-26-21(17-11-12-17)25-20-6-3-13-24-22(20)26/h3,6-10,13,17-19H,1-2,4-5,11-12,14H2,(H,27,28)/t18-,19+/m1/s1. The second-order valence-electron chi connectivity index (χ2n) is 8.25. The molecular weight excluding hydrogens is 350 g/mol. The summed E-state index contributed by atoms with van der Waals surface area (Å²) in [5, 5.41) is 9.57. The van der Waals surface area contributed by atoms with Crippen molar-refractivity contribution in [2.24, 2.45) is 5.92 Å². The molecule has 28 heavy (non-hydrogen) atoms. The largest absolute Gasteiger partial charge is 0.481 e. The van der Waals surface area contributed by atoms with Gasteiger partial charge in [0.15, 0.2) is 5.65 Å². The number of nitrogens with zero attached hydrogens (tertiary/aromatic N) is 3. The average Bonchev–Trinajstić information content (AvgIpc) is 3.51. The van der Waals surface area contributed by atoms with Gasteiger partial charge in [0.05, 0.1) is 12.5 Å². The number of carboxylic acid groups (broad SMARTS) is 1. The molecule has 2 fully saturated rings. The fourth-order valence-corrected chi connectivity index (χ4v) is 4.66. The summed E-state index contributed by atoms with van der Waals surface area (Å²) < 4.78 is 2.25. The van der Waals surface area contributed by atoms with E-state index in [-0.39, 0.29) is 11.8 Å². The molecule has 0 aliphatic heterocycles. The molecule has 1 N–H and O–H groups in total. The van der Waals surface area contributed by atoms with Gasteiger partial charge in [-0.25, -0.2) is 9.97 Å². The minimum absolute atomic E-state index is 0.137. The molecule has 0 bridgehead atoms. The van der Waals surface area contributed by atoms with E-state index in [1.807, 2.05) is 18.3 Å². The summed E-state index contributed by atoms with van der Waals surface area (Å²) in [4.78, 5) is 21.0. The third kappa shape index (κ3) is 3.19. The molecule has 2 aromatic heterocycles. The highest BCUT2D eigenvalue weighted by Gasteiger charge is 2.32. The van der Waals surface area contributed by atoms with Crippen LogP contribution in [0.3, 0.4) is 0 Å². The lowest BCUT2D eigenvalue weighted by atomic mass is 9.75. The fourth-order valence-electron chi connectivity index (χ4n) is 4.66. The van der Waals surface area contributed by atoms with Gasteiger partial charge in [-0.3, -0.25) is 4.79 Å². The molecule has 2 atom stereocenters. The second kappa shape index (κ2) is 7.04. The van der Waals surface area contributed by atoms with E-state index in [1.165, 1.54) is 18.4 Å². The van der Waals surface area contributed by atoms with Crippen LogP contribution in [-0.2, 0) is 11.3 Å². The van der Waals surface area contributed by atoms with Crippen LogP contribution in [0.2, 0.25) is 0 Å². The lowest BCUT2D eigenvalue weighted by Crippen LogP contribution is -2.25. The molecule has 0 unspecified atom stereocenters. The summed E-state index contributed by atoms with van der Waals surface area (Å²) in [6.45, 7) is 0.757. The van der Waals surface area contributed by atoms with Crippen LogP contribution in [0, 0.1) is 5.92 Å². The molecule has 0 saturated heterocycles. The molecule has 0 radical (unpaired) electrons. The van der Waals surface area contributed by atoms with Crippen molar-refractivity contribution in [3.63, 3.8) is 0 Å². The predicted molar refractivity (Wildman–Crippen MR) is 107 cm³/mol. The number of imidazole rings is 1. The number of hydrogen-bond donors (Lipinski definition) is 1. The van der Waals surface area contributed by atoms with Crippen LogP contribution < -0.4 is 0 Å². The maximum atomic E-state index is 11.6. The van der Waals surface area contributed by atoms with Crippen LogP contribution in [0.5, 0.6) is 0 Å². The molecule has 5 heteroatoms. The molecule has 2 aliphatic carbocycles. The Morgan fingerprint density at radius 2 is 1.86 bits per heavy atom. The highest BCUT2D eigenvalue weighted by atomic mass is 16.4. The van der Waals surface area contributed by atoms with Gasteiger partial charge in [-0.1, -0.05) is 37.1 Å². The molecule has 2 aliphatic rings. The number of carbonyl (C=O) groups is 1. The first kappa shape index (κ1) is 17.4. The number of aliphatic carboxylic acids is 1. The van der Waals surface area contributed by atoms with Crippen molar-refractivity contribution in [3.8, 4) is 0 Å². The molecule has 2 saturated carbocycles. The van der Waals surface area contributed by atoms with Gasteiger partial charge in [0.1, 0.15) is 11.3 Å². The van der Waals surface area contributed by atoms with E-state index < -0.39 is 5.97 Å². The van der Waals surface area contributed by atoms with Crippen LogP contribution in [-0.4, -0.2) is 25.6 Å². The smallest absolute Gasteiger partial charge is 0.307 e. The maximum absolute atomic E-state index is 11.6. The Morgan fingerprint density at radius 1 is 1.07 bits per heavy atom. The quantitative estimate of drug-likeness (QED) is 0.701. The first-order valence-electron chi connectivity index (χ1n) is 10.3. The highest BCUT2D eigenvalue weighted by Crippen LogP contribution is 2.41. The van der Waals surface area contributed by atoms with Gasteiger partial charge in [-0.05, 0) is 54.9 Å². The lowest BCUT2D eigenvalue weighted by molar-refractivity contribution is -0.143. The summed E-state index contributed by atoms with van der Waals surface area (Å²) in [6, 6.07) is 12.5. The van der Waals surface area contributed by atoms with Gasteiger partial charge in [0.25, 0.3) is 0 Å². The molecule has 5 rings (SSSR count). The summed E-state index contributed by atoms with van der Waals surface area (Å²) in [5.41, 5.74) is 4.28. The Morgan fingerprint density at radius 3 is 2.61 bits per heavy atom. The molecule has 1 aromatic carbocycles. The summed E-state index contributed by atoms with van der Waals surface area (Å²) in [7, 11) is 0. The van der Waals surface area contributed by atoms with Crippen LogP contribution in [0.1, 0.15) is 67.3 Å². The number of fused-ring (bicyclic) bond motifs is 1. The van der Waals surface area contributed by atoms with E-state index in [0.717, 1.165) is 54.8 Å². The van der Waals surface area contributed by atoms with Crippen LogP contribution >= 0.6 is 0 Å². The van der Waals surface area contributed by atoms with Crippen molar-refractivity contribution in [1.29, 1.82) is 0 Å². The van der Waals surface area contributed by atoms with Crippen molar-refractivity contribution in [2.75, 3.05) is 0 Å².